The number of nitrogens with one attached hydrogen (secondary N) is 2. The van der Waals surface area contributed by atoms with Crippen LogP contribution in [0.25, 0.3) is 0 Å². The van der Waals surface area contributed by atoms with E-state index in [2.05, 4.69) is 30.4 Å². The molecule has 0 bridgehead atoms. The van der Waals surface area contributed by atoms with Crippen LogP contribution in [0.5, 0.6) is 0 Å². The summed E-state index contributed by atoms with van der Waals surface area (Å²) in [6, 6.07) is 1.70. The van der Waals surface area contributed by atoms with Crippen LogP contribution in [0.15, 0.2) is 18.5 Å². The molecule has 2 rings (SSSR count). The SMILES string of the molecule is COCCNC(=O)N[C@@H]1CN(c2ncccn2)C[C@H]1CN(C)C. The van der Waals surface area contributed by atoms with Crippen LogP contribution in [0.2, 0.25) is 0 Å². The Morgan fingerprint density at radius 3 is 2.78 bits per heavy atom. The van der Waals surface area contributed by atoms with Gasteiger partial charge in [0.15, 0.2) is 0 Å². The molecule has 2 atom stereocenters. The number of nitrogens with zero attached hydrogens (tertiary/aromatic N) is 4. The number of rotatable bonds is 7. The predicted molar refractivity (Wildman–Crippen MR) is 88.5 cm³/mol. The second-order valence-corrected chi connectivity index (χ2v) is 5.98. The van der Waals surface area contributed by atoms with Crippen molar-refractivity contribution < 1.29 is 9.53 Å². The Morgan fingerprint density at radius 2 is 2.13 bits per heavy atom. The van der Waals surface area contributed by atoms with E-state index >= 15 is 0 Å². The van der Waals surface area contributed by atoms with E-state index in [1.54, 1.807) is 25.6 Å². The smallest absolute Gasteiger partial charge is 0.315 e. The zero-order valence-electron chi connectivity index (χ0n) is 14.0. The largest absolute Gasteiger partial charge is 0.383 e. The Kier molecular flexibility index (Phi) is 6.54. The molecule has 1 aromatic rings. The van der Waals surface area contributed by atoms with Gasteiger partial charge in [-0.15, -0.1) is 0 Å². The quantitative estimate of drug-likeness (QED) is 0.676. The molecule has 0 unspecified atom stereocenters. The van der Waals surface area contributed by atoms with Gasteiger partial charge in [0.2, 0.25) is 5.95 Å². The van der Waals surface area contributed by atoms with E-state index in [1.165, 1.54) is 0 Å². The number of methoxy groups -OCH3 is 1. The number of urea groups is 1. The number of carbonyl (C=O) groups is 1. The molecule has 0 radical (unpaired) electrons. The average molecular weight is 322 g/mol. The van der Waals surface area contributed by atoms with Crippen LogP contribution >= 0.6 is 0 Å². The Balaban J connectivity index is 1.96. The lowest BCUT2D eigenvalue weighted by Gasteiger charge is -2.22. The molecule has 1 fully saturated rings. The fourth-order valence-electron chi connectivity index (χ4n) is 2.79. The van der Waals surface area contributed by atoms with Crippen LogP contribution < -0.4 is 15.5 Å². The van der Waals surface area contributed by atoms with Crippen molar-refractivity contribution in [3.63, 3.8) is 0 Å². The van der Waals surface area contributed by atoms with Crippen LogP contribution in [-0.2, 0) is 4.74 Å². The van der Waals surface area contributed by atoms with E-state index in [-0.39, 0.29) is 12.1 Å². The van der Waals surface area contributed by atoms with Crippen molar-refractivity contribution >= 4 is 12.0 Å². The van der Waals surface area contributed by atoms with E-state index in [0.717, 1.165) is 13.1 Å². The molecular formula is C15H26N6O2. The number of ether oxygens (including phenoxy) is 1. The maximum absolute atomic E-state index is 12.0. The molecule has 1 aromatic heterocycles. The summed E-state index contributed by atoms with van der Waals surface area (Å²) < 4.78 is 4.94. The summed E-state index contributed by atoms with van der Waals surface area (Å²) in [5.41, 5.74) is 0. The van der Waals surface area contributed by atoms with E-state index in [9.17, 15) is 4.79 Å². The highest BCUT2D eigenvalue weighted by atomic mass is 16.5. The van der Waals surface area contributed by atoms with Crippen molar-refractivity contribution in [2.24, 2.45) is 5.92 Å². The standard InChI is InChI=1S/C15H26N6O2/c1-20(2)9-12-10-21(14-16-5-4-6-17-14)11-13(12)19-15(22)18-7-8-23-3/h4-6,12-13H,7-11H2,1-3H3,(H2,18,19,22)/t12-,13-/m1/s1. The molecule has 128 valence electrons. The Bertz CT molecular complexity index is 484. The zero-order valence-corrected chi connectivity index (χ0v) is 14.0. The molecular weight excluding hydrogens is 296 g/mol. The molecule has 2 amide bonds. The van der Waals surface area contributed by atoms with Gasteiger partial charge in [-0.3, -0.25) is 0 Å². The lowest BCUT2D eigenvalue weighted by molar-refractivity contribution is 0.194. The van der Waals surface area contributed by atoms with Gasteiger partial charge in [0.1, 0.15) is 0 Å². The Labute approximate surface area is 137 Å². The summed E-state index contributed by atoms with van der Waals surface area (Å²) in [6.45, 7) is 3.43. The summed E-state index contributed by atoms with van der Waals surface area (Å²) in [5.74, 6) is 1.03. The molecule has 1 aliphatic heterocycles. The van der Waals surface area contributed by atoms with E-state index in [4.69, 9.17) is 4.74 Å². The van der Waals surface area contributed by atoms with Gasteiger partial charge in [-0.25, -0.2) is 14.8 Å². The fourth-order valence-corrected chi connectivity index (χ4v) is 2.79. The number of aromatic nitrogens is 2. The van der Waals surface area contributed by atoms with E-state index in [1.807, 2.05) is 14.1 Å². The molecule has 2 heterocycles. The van der Waals surface area contributed by atoms with Crippen molar-refractivity contribution in [3.8, 4) is 0 Å². The molecule has 8 nitrogen and oxygen atoms in total. The van der Waals surface area contributed by atoms with Gasteiger partial charge in [0.05, 0.1) is 12.6 Å². The third-order valence-electron chi connectivity index (χ3n) is 3.78. The molecule has 1 saturated heterocycles. The third-order valence-corrected chi connectivity index (χ3v) is 3.78. The van der Waals surface area contributed by atoms with Crippen LogP contribution in [-0.4, -0.2) is 80.9 Å². The highest BCUT2D eigenvalue weighted by molar-refractivity contribution is 5.74. The fraction of sp³-hybridized carbons (Fsp3) is 0.667. The summed E-state index contributed by atoms with van der Waals surface area (Å²) in [4.78, 5) is 24.9. The predicted octanol–water partition coefficient (Wildman–Crippen LogP) is -0.211. The van der Waals surface area contributed by atoms with Crippen molar-refractivity contribution in [1.82, 2.24) is 25.5 Å². The van der Waals surface area contributed by atoms with Gasteiger partial charge in [-0.2, -0.15) is 0 Å². The summed E-state index contributed by atoms with van der Waals surface area (Å²) in [6.07, 6.45) is 3.48. The highest BCUT2D eigenvalue weighted by Gasteiger charge is 2.35. The molecule has 0 saturated carbocycles. The first kappa shape index (κ1) is 17.4. The van der Waals surface area contributed by atoms with E-state index in [0.29, 0.717) is 31.6 Å². The Morgan fingerprint density at radius 1 is 1.39 bits per heavy atom. The molecule has 0 spiro atoms. The highest BCUT2D eigenvalue weighted by Crippen LogP contribution is 2.21. The lowest BCUT2D eigenvalue weighted by Crippen LogP contribution is -2.48. The number of carbonyl (C=O) groups excluding carboxylic acids is 1. The summed E-state index contributed by atoms with van der Waals surface area (Å²) in [7, 11) is 5.69. The van der Waals surface area contributed by atoms with Gasteiger partial charge < -0.3 is 25.2 Å². The van der Waals surface area contributed by atoms with Crippen LogP contribution in [0.1, 0.15) is 0 Å². The number of hydrogen-bond acceptors (Lipinski definition) is 6. The first-order chi connectivity index (χ1) is 11.1. The second-order valence-electron chi connectivity index (χ2n) is 5.98. The molecule has 0 aliphatic carbocycles. The van der Waals surface area contributed by atoms with Gasteiger partial charge in [0.25, 0.3) is 0 Å². The third kappa shape index (κ3) is 5.33. The molecule has 8 heteroatoms. The Hall–Kier alpha value is -1.93. The normalized spacial score (nSPS) is 20.8. The monoisotopic (exact) mass is 322 g/mol. The summed E-state index contributed by atoms with van der Waals surface area (Å²) in [5, 5.41) is 5.86. The van der Waals surface area contributed by atoms with Crippen molar-refractivity contribution in [1.29, 1.82) is 0 Å². The number of amides is 2. The number of anilines is 1. The van der Waals surface area contributed by atoms with Gasteiger partial charge >= 0.3 is 6.03 Å². The average Bonchev–Trinajstić information content (AvgIpc) is 2.90. The minimum Gasteiger partial charge on any atom is -0.383 e. The first-order valence-electron chi connectivity index (χ1n) is 7.80. The summed E-state index contributed by atoms with van der Waals surface area (Å²) >= 11 is 0. The van der Waals surface area contributed by atoms with Gasteiger partial charge in [0, 0.05) is 51.6 Å². The van der Waals surface area contributed by atoms with Crippen molar-refractivity contribution in [2.45, 2.75) is 6.04 Å². The molecule has 0 aromatic carbocycles. The number of hydrogen-bond donors (Lipinski definition) is 2. The maximum atomic E-state index is 12.0. The van der Waals surface area contributed by atoms with Crippen LogP contribution in [0.4, 0.5) is 10.7 Å². The second kappa shape index (κ2) is 8.64. The zero-order chi connectivity index (χ0) is 16.7. The van der Waals surface area contributed by atoms with Crippen molar-refractivity contribution in [2.75, 3.05) is 58.9 Å². The first-order valence-corrected chi connectivity index (χ1v) is 7.80. The minimum absolute atomic E-state index is 0.0590. The van der Waals surface area contributed by atoms with Crippen molar-refractivity contribution in [3.05, 3.63) is 18.5 Å². The van der Waals surface area contributed by atoms with Gasteiger partial charge in [-0.05, 0) is 20.2 Å². The lowest BCUT2D eigenvalue weighted by atomic mass is 10.0. The topological polar surface area (TPSA) is 82.6 Å². The van der Waals surface area contributed by atoms with Gasteiger partial charge in [-0.1, -0.05) is 0 Å². The van der Waals surface area contributed by atoms with Crippen LogP contribution in [0, 0.1) is 5.92 Å². The molecule has 23 heavy (non-hydrogen) atoms. The minimum atomic E-state index is -0.161. The van der Waals surface area contributed by atoms with E-state index < -0.39 is 0 Å². The van der Waals surface area contributed by atoms with Crippen LogP contribution in [0.3, 0.4) is 0 Å². The molecule has 2 N–H and O–H groups in total. The molecule has 1 aliphatic rings. The maximum Gasteiger partial charge on any atom is 0.315 e.